The molecule has 1 aromatic heterocycles. The van der Waals surface area contributed by atoms with Crippen LogP contribution in [0.2, 0.25) is 0 Å². The lowest BCUT2D eigenvalue weighted by Gasteiger charge is -2.32. The lowest BCUT2D eigenvalue weighted by molar-refractivity contribution is 0.222. The van der Waals surface area contributed by atoms with Crippen molar-refractivity contribution in [1.29, 1.82) is 0 Å². The van der Waals surface area contributed by atoms with E-state index in [-0.39, 0.29) is 5.56 Å². The van der Waals surface area contributed by atoms with E-state index in [1.807, 2.05) is 19.2 Å². The van der Waals surface area contributed by atoms with Crippen molar-refractivity contribution in [1.82, 2.24) is 14.2 Å². The average Bonchev–Trinajstić information content (AvgIpc) is 3.01. The van der Waals surface area contributed by atoms with Crippen molar-refractivity contribution in [3.63, 3.8) is 0 Å². The summed E-state index contributed by atoms with van der Waals surface area (Å²) in [5.74, 6) is 0. The van der Waals surface area contributed by atoms with E-state index in [2.05, 4.69) is 9.88 Å². The largest absolute Gasteiger partial charge is 0.321 e. The molecule has 7 heteroatoms. The Bertz CT molecular complexity index is 1220. The van der Waals surface area contributed by atoms with E-state index >= 15 is 0 Å². The fraction of sp³-hybridized carbons (Fsp3) is 0.316. The highest BCUT2D eigenvalue weighted by Crippen LogP contribution is 2.39. The third kappa shape index (κ3) is 2.11. The summed E-state index contributed by atoms with van der Waals surface area (Å²) >= 11 is 0. The topological polar surface area (TPSA) is 73.5 Å². The van der Waals surface area contributed by atoms with Crippen molar-refractivity contribution in [2.75, 3.05) is 33.2 Å². The van der Waals surface area contributed by atoms with Crippen LogP contribution in [-0.4, -0.2) is 55.8 Å². The van der Waals surface area contributed by atoms with Crippen LogP contribution in [0.15, 0.2) is 40.0 Å². The summed E-state index contributed by atoms with van der Waals surface area (Å²) in [6.45, 7) is 2.48. The Balaban J connectivity index is 1.75. The first-order valence-electron chi connectivity index (χ1n) is 8.75. The standard InChI is InChI=1S/C19H19N3O3S/c1-21-7-9-22(10-8-21)26(24,25)16-6-5-15-18-14(16)11-12-3-2-4-13(17(12)18)19(23)20-15/h2-6H,7-11H2,1H3,(H,20,23). The number of benzene rings is 2. The number of aromatic nitrogens is 1. The van der Waals surface area contributed by atoms with Gasteiger partial charge in [-0.15, -0.1) is 0 Å². The Morgan fingerprint density at radius 3 is 2.54 bits per heavy atom. The molecule has 1 saturated heterocycles. The van der Waals surface area contributed by atoms with Gasteiger partial charge in [0, 0.05) is 54.3 Å². The van der Waals surface area contributed by atoms with Gasteiger partial charge in [-0.3, -0.25) is 4.79 Å². The van der Waals surface area contributed by atoms with Crippen LogP contribution in [0.1, 0.15) is 11.1 Å². The van der Waals surface area contributed by atoms with Crippen LogP contribution in [0.25, 0.3) is 21.7 Å². The Kier molecular flexibility index (Phi) is 3.31. The third-order valence-corrected chi connectivity index (χ3v) is 7.59. The second-order valence-corrected chi connectivity index (χ2v) is 9.05. The zero-order valence-corrected chi connectivity index (χ0v) is 15.3. The van der Waals surface area contributed by atoms with Crippen LogP contribution in [0.4, 0.5) is 0 Å². The van der Waals surface area contributed by atoms with Gasteiger partial charge in [-0.1, -0.05) is 12.1 Å². The number of sulfonamides is 1. The maximum Gasteiger partial charge on any atom is 0.256 e. The molecule has 0 radical (unpaired) electrons. The van der Waals surface area contributed by atoms with Crippen LogP contribution in [0, 0.1) is 0 Å². The van der Waals surface area contributed by atoms with E-state index in [4.69, 9.17) is 0 Å². The number of hydrogen-bond donors (Lipinski definition) is 1. The third-order valence-electron chi connectivity index (χ3n) is 5.61. The first-order valence-corrected chi connectivity index (χ1v) is 10.2. The van der Waals surface area contributed by atoms with E-state index < -0.39 is 10.0 Å². The normalized spacial score (nSPS) is 18.3. The Morgan fingerprint density at radius 1 is 1.00 bits per heavy atom. The van der Waals surface area contributed by atoms with Gasteiger partial charge in [0.25, 0.3) is 5.56 Å². The molecule has 0 unspecified atom stereocenters. The van der Waals surface area contributed by atoms with E-state index in [9.17, 15) is 13.2 Å². The van der Waals surface area contributed by atoms with Crippen LogP contribution in [0.5, 0.6) is 0 Å². The number of likely N-dealkylation sites (N-methyl/N-ethyl adjacent to an activating group) is 1. The predicted molar refractivity (Wildman–Crippen MR) is 101 cm³/mol. The minimum Gasteiger partial charge on any atom is -0.321 e. The summed E-state index contributed by atoms with van der Waals surface area (Å²) in [5.41, 5.74) is 2.41. The maximum absolute atomic E-state index is 13.3. The van der Waals surface area contributed by atoms with Gasteiger partial charge in [-0.25, -0.2) is 8.42 Å². The summed E-state index contributed by atoms with van der Waals surface area (Å²) in [6.07, 6.45) is 0.545. The second kappa shape index (κ2) is 5.39. The Labute approximate surface area is 151 Å². The highest BCUT2D eigenvalue weighted by molar-refractivity contribution is 7.89. The Morgan fingerprint density at radius 2 is 1.77 bits per heavy atom. The maximum atomic E-state index is 13.3. The van der Waals surface area contributed by atoms with Crippen LogP contribution >= 0.6 is 0 Å². The van der Waals surface area contributed by atoms with E-state index in [0.717, 1.165) is 35.0 Å². The molecule has 1 aliphatic heterocycles. The molecular formula is C19H19N3O3S. The summed E-state index contributed by atoms with van der Waals surface area (Å²) < 4.78 is 28.2. The number of pyridine rings is 1. The fourth-order valence-corrected chi connectivity index (χ4v) is 5.86. The monoisotopic (exact) mass is 369 g/mol. The summed E-state index contributed by atoms with van der Waals surface area (Å²) in [6, 6.07) is 9.02. The number of hydrogen-bond acceptors (Lipinski definition) is 4. The van der Waals surface area contributed by atoms with Crippen molar-refractivity contribution < 1.29 is 8.42 Å². The predicted octanol–water partition coefficient (Wildman–Crippen LogP) is 1.52. The van der Waals surface area contributed by atoms with Gasteiger partial charge in [0.1, 0.15) is 0 Å². The molecule has 1 fully saturated rings. The first-order chi connectivity index (χ1) is 12.5. The van der Waals surface area contributed by atoms with Gasteiger partial charge in [0.2, 0.25) is 10.0 Å². The average molecular weight is 369 g/mol. The molecule has 5 rings (SSSR count). The highest BCUT2D eigenvalue weighted by Gasteiger charge is 2.32. The van der Waals surface area contributed by atoms with Crippen molar-refractivity contribution >= 4 is 31.7 Å². The minimum atomic E-state index is -3.55. The number of nitrogens with zero attached hydrogens (tertiary/aromatic N) is 2. The molecule has 2 aliphatic rings. The summed E-state index contributed by atoms with van der Waals surface area (Å²) in [5, 5.41) is 2.41. The van der Waals surface area contributed by atoms with Crippen LogP contribution < -0.4 is 5.56 Å². The minimum absolute atomic E-state index is 0.128. The number of piperazine rings is 1. The SMILES string of the molecule is CN1CCN(S(=O)(=O)c2ccc3[nH]c(=O)c4cccc5c4c3c2C5)CC1. The molecule has 134 valence electrons. The molecule has 0 saturated carbocycles. The number of aromatic amines is 1. The molecule has 2 heterocycles. The van der Waals surface area contributed by atoms with E-state index in [0.29, 0.717) is 35.3 Å². The summed E-state index contributed by atoms with van der Waals surface area (Å²) in [7, 11) is -1.55. The van der Waals surface area contributed by atoms with Gasteiger partial charge >= 0.3 is 0 Å². The van der Waals surface area contributed by atoms with E-state index in [1.54, 1.807) is 22.5 Å². The second-order valence-electron chi connectivity index (χ2n) is 7.14. The molecule has 1 N–H and O–H groups in total. The van der Waals surface area contributed by atoms with Gasteiger partial charge in [-0.05, 0) is 36.4 Å². The molecule has 0 spiro atoms. The molecule has 2 aromatic carbocycles. The van der Waals surface area contributed by atoms with Crippen LogP contribution in [-0.2, 0) is 16.4 Å². The number of rotatable bonds is 2. The first kappa shape index (κ1) is 16.0. The molecule has 0 amide bonds. The molecular weight excluding hydrogens is 350 g/mol. The van der Waals surface area contributed by atoms with E-state index in [1.165, 1.54) is 0 Å². The molecule has 26 heavy (non-hydrogen) atoms. The van der Waals surface area contributed by atoms with Gasteiger partial charge in [0.15, 0.2) is 0 Å². The molecule has 0 atom stereocenters. The Hall–Kier alpha value is -2.22. The van der Waals surface area contributed by atoms with Crippen molar-refractivity contribution in [2.24, 2.45) is 0 Å². The van der Waals surface area contributed by atoms with Crippen molar-refractivity contribution in [3.05, 3.63) is 51.8 Å². The lowest BCUT2D eigenvalue weighted by Crippen LogP contribution is -2.47. The van der Waals surface area contributed by atoms with Crippen LogP contribution in [0.3, 0.4) is 0 Å². The number of H-pyrrole nitrogens is 1. The molecule has 3 aromatic rings. The number of nitrogens with one attached hydrogen (secondary N) is 1. The molecule has 0 bridgehead atoms. The zero-order valence-electron chi connectivity index (χ0n) is 14.4. The van der Waals surface area contributed by atoms with Gasteiger partial charge in [0.05, 0.1) is 4.90 Å². The van der Waals surface area contributed by atoms with Gasteiger partial charge in [-0.2, -0.15) is 4.31 Å². The lowest BCUT2D eigenvalue weighted by atomic mass is 10.1. The molecule has 1 aliphatic carbocycles. The van der Waals surface area contributed by atoms with Crippen molar-refractivity contribution in [3.8, 4) is 0 Å². The molecule has 6 nitrogen and oxygen atoms in total. The van der Waals surface area contributed by atoms with Crippen molar-refractivity contribution in [2.45, 2.75) is 11.3 Å². The highest BCUT2D eigenvalue weighted by atomic mass is 32.2. The smallest absolute Gasteiger partial charge is 0.256 e. The fourth-order valence-electron chi connectivity index (χ4n) is 4.22. The zero-order chi connectivity index (χ0) is 18.1. The van der Waals surface area contributed by atoms with Gasteiger partial charge < -0.3 is 9.88 Å². The quantitative estimate of drug-likeness (QED) is 0.544. The summed E-state index contributed by atoms with van der Waals surface area (Å²) in [4.78, 5) is 17.8.